The van der Waals surface area contributed by atoms with Crippen molar-refractivity contribution in [2.24, 2.45) is 5.41 Å². The van der Waals surface area contributed by atoms with Gasteiger partial charge in [-0.25, -0.2) is 9.97 Å². The highest BCUT2D eigenvalue weighted by molar-refractivity contribution is 7.13. The molecular weight excluding hydrogens is 490 g/mol. The maximum atomic E-state index is 13.3. The van der Waals surface area contributed by atoms with Crippen LogP contribution < -0.4 is 16.0 Å². The molecule has 1 aliphatic carbocycles. The molecule has 2 aromatic heterocycles. The monoisotopic (exact) mass is 533 g/mol. The molecule has 3 N–H and O–H groups in total. The molecule has 0 aliphatic heterocycles. The summed E-state index contributed by atoms with van der Waals surface area (Å²) in [7, 11) is 0. The van der Waals surface area contributed by atoms with Crippen molar-refractivity contribution in [2.75, 3.05) is 64.6 Å². The summed E-state index contributed by atoms with van der Waals surface area (Å²) in [5.74, 6) is 0.864. The van der Waals surface area contributed by atoms with E-state index in [4.69, 9.17) is 19.2 Å². The highest BCUT2D eigenvalue weighted by Crippen LogP contribution is 2.39. The van der Waals surface area contributed by atoms with Gasteiger partial charge < -0.3 is 30.2 Å². The summed E-state index contributed by atoms with van der Waals surface area (Å²) < 4.78 is 16.7. The Bertz CT molecular complexity index is 877. The molecule has 1 aliphatic rings. The van der Waals surface area contributed by atoms with Gasteiger partial charge in [-0.05, 0) is 37.9 Å². The molecule has 9 nitrogen and oxygen atoms in total. The zero-order valence-corrected chi connectivity index (χ0v) is 23.0. The molecule has 0 saturated heterocycles. The minimum atomic E-state index is -0.416. The van der Waals surface area contributed by atoms with Crippen LogP contribution in [0, 0.1) is 5.41 Å². The molecule has 3 rings (SSSR count). The molecular formula is C27H43N5O4S. The molecule has 37 heavy (non-hydrogen) atoms. The average Bonchev–Trinajstić information content (AvgIpc) is 3.42. The van der Waals surface area contributed by atoms with Crippen molar-refractivity contribution in [3.63, 3.8) is 0 Å². The number of pyridine rings is 1. The number of nitrogens with one attached hydrogen (secondary N) is 3. The van der Waals surface area contributed by atoms with Crippen molar-refractivity contribution in [3.8, 4) is 0 Å². The van der Waals surface area contributed by atoms with E-state index < -0.39 is 5.41 Å². The Morgan fingerprint density at radius 1 is 0.973 bits per heavy atom. The quantitative estimate of drug-likeness (QED) is 0.233. The largest absolute Gasteiger partial charge is 0.378 e. The normalized spacial score (nSPS) is 14.9. The van der Waals surface area contributed by atoms with Crippen molar-refractivity contribution in [1.82, 2.24) is 20.6 Å². The number of thiazole rings is 1. The van der Waals surface area contributed by atoms with Crippen LogP contribution in [-0.2, 0) is 25.4 Å². The van der Waals surface area contributed by atoms with Gasteiger partial charge in [-0.3, -0.25) is 4.79 Å². The number of hydrogen-bond acceptors (Lipinski definition) is 9. The molecule has 206 valence electrons. The molecule has 2 heterocycles. The summed E-state index contributed by atoms with van der Waals surface area (Å²) in [6.45, 7) is 7.88. The number of rotatable bonds is 19. The standard InChI is InChI=1S/C27H43N5O4S/c1-2-11-28-12-15-34-17-19-36-20-18-35-16-13-29-25(33)27(9-4-3-5-10-27)22-23-7-6-8-24(31-23)32-26-30-14-21-37-26/h6-8,14,21,28H,2-5,9-13,15-20,22H2,1H3,(H,29,33)(H,30,31,32). The third-order valence-electron chi connectivity index (χ3n) is 6.41. The van der Waals surface area contributed by atoms with Crippen molar-refractivity contribution in [1.29, 1.82) is 0 Å². The van der Waals surface area contributed by atoms with Crippen molar-refractivity contribution in [3.05, 3.63) is 35.5 Å². The fraction of sp³-hybridized carbons (Fsp3) is 0.667. The maximum absolute atomic E-state index is 13.3. The summed E-state index contributed by atoms with van der Waals surface area (Å²) in [4.78, 5) is 22.4. The number of anilines is 2. The lowest BCUT2D eigenvalue weighted by Gasteiger charge is -2.35. The van der Waals surface area contributed by atoms with E-state index >= 15 is 0 Å². The first-order valence-electron chi connectivity index (χ1n) is 13.6. The molecule has 1 amide bonds. The van der Waals surface area contributed by atoms with Gasteiger partial charge in [0.2, 0.25) is 5.91 Å². The van der Waals surface area contributed by atoms with Gasteiger partial charge in [0, 0.05) is 36.8 Å². The molecule has 0 bridgehead atoms. The Labute approximate surface area is 225 Å². The van der Waals surface area contributed by atoms with E-state index in [1.807, 2.05) is 23.6 Å². The van der Waals surface area contributed by atoms with Crippen LogP contribution in [0.2, 0.25) is 0 Å². The van der Waals surface area contributed by atoms with Crippen LogP contribution in [0.25, 0.3) is 0 Å². The summed E-state index contributed by atoms with van der Waals surface area (Å²) in [6.07, 6.45) is 8.61. The van der Waals surface area contributed by atoms with E-state index in [0.29, 0.717) is 52.6 Å². The first-order chi connectivity index (χ1) is 18.2. The third-order valence-corrected chi connectivity index (χ3v) is 7.10. The highest BCUT2D eigenvalue weighted by Gasteiger charge is 2.39. The SMILES string of the molecule is CCCNCCOCCOCCOCCNC(=O)C1(Cc2cccc(Nc3nccs3)n2)CCCCC1. The number of nitrogens with zero attached hydrogens (tertiary/aromatic N) is 2. The van der Waals surface area contributed by atoms with Gasteiger partial charge in [0.15, 0.2) is 5.13 Å². The molecule has 1 saturated carbocycles. The topological polar surface area (TPSA) is 107 Å². The Hall–Kier alpha value is -2.11. The second-order valence-corrected chi connectivity index (χ2v) is 10.2. The van der Waals surface area contributed by atoms with Crippen LogP contribution in [0.3, 0.4) is 0 Å². The van der Waals surface area contributed by atoms with E-state index in [1.54, 1.807) is 6.20 Å². The van der Waals surface area contributed by atoms with Crippen LogP contribution in [-0.4, -0.2) is 75.2 Å². The number of ether oxygens (including phenoxy) is 3. The summed E-state index contributed by atoms with van der Waals surface area (Å²) >= 11 is 1.53. The number of carbonyl (C=O) groups is 1. The van der Waals surface area contributed by atoms with Crippen molar-refractivity contribution in [2.45, 2.75) is 51.9 Å². The van der Waals surface area contributed by atoms with E-state index in [2.05, 4.69) is 27.9 Å². The zero-order chi connectivity index (χ0) is 26.0. The predicted molar refractivity (Wildman–Crippen MR) is 147 cm³/mol. The number of carbonyl (C=O) groups excluding carboxylic acids is 1. The van der Waals surface area contributed by atoms with Crippen LogP contribution >= 0.6 is 11.3 Å². The molecule has 0 atom stereocenters. The molecule has 0 spiro atoms. The highest BCUT2D eigenvalue weighted by atomic mass is 32.1. The third kappa shape index (κ3) is 11.0. The predicted octanol–water partition coefficient (Wildman–Crippen LogP) is 3.94. The van der Waals surface area contributed by atoms with E-state index in [9.17, 15) is 4.79 Å². The Balaban J connectivity index is 1.33. The van der Waals surface area contributed by atoms with Crippen molar-refractivity contribution >= 4 is 28.2 Å². The lowest BCUT2D eigenvalue weighted by atomic mass is 9.70. The number of aromatic nitrogens is 2. The number of hydrogen-bond donors (Lipinski definition) is 3. The number of amides is 1. The Morgan fingerprint density at radius 2 is 1.70 bits per heavy atom. The Kier molecular flexibility index (Phi) is 13.9. The second kappa shape index (κ2) is 17.4. The lowest BCUT2D eigenvalue weighted by Crippen LogP contribution is -2.45. The van der Waals surface area contributed by atoms with Crippen LogP contribution in [0.4, 0.5) is 10.9 Å². The smallest absolute Gasteiger partial charge is 0.226 e. The van der Waals surface area contributed by atoms with Gasteiger partial charge >= 0.3 is 0 Å². The van der Waals surface area contributed by atoms with Crippen LogP contribution in [0.5, 0.6) is 0 Å². The van der Waals surface area contributed by atoms with Crippen molar-refractivity contribution < 1.29 is 19.0 Å². The fourth-order valence-corrected chi connectivity index (χ4v) is 5.05. The average molecular weight is 534 g/mol. The van der Waals surface area contributed by atoms with Gasteiger partial charge in [-0.2, -0.15) is 0 Å². The molecule has 0 aromatic carbocycles. The summed E-state index contributed by atoms with van der Waals surface area (Å²) in [5, 5.41) is 12.4. The van der Waals surface area contributed by atoms with E-state index in [0.717, 1.165) is 61.8 Å². The first-order valence-corrected chi connectivity index (χ1v) is 14.4. The van der Waals surface area contributed by atoms with Gasteiger partial charge in [0.25, 0.3) is 0 Å². The summed E-state index contributed by atoms with van der Waals surface area (Å²) in [6, 6.07) is 5.92. The van der Waals surface area contributed by atoms with Gasteiger partial charge in [-0.15, -0.1) is 11.3 Å². The van der Waals surface area contributed by atoms with Crippen LogP contribution in [0.1, 0.15) is 51.1 Å². The second-order valence-electron chi connectivity index (χ2n) is 9.34. The molecule has 1 fully saturated rings. The molecule has 0 radical (unpaired) electrons. The van der Waals surface area contributed by atoms with E-state index in [1.165, 1.54) is 17.8 Å². The minimum absolute atomic E-state index is 0.109. The maximum Gasteiger partial charge on any atom is 0.226 e. The fourth-order valence-electron chi connectivity index (χ4n) is 4.51. The van der Waals surface area contributed by atoms with E-state index in [-0.39, 0.29) is 5.91 Å². The lowest BCUT2D eigenvalue weighted by molar-refractivity contribution is -0.133. The molecule has 2 aromatic rings. The summed E-state index contributed by atoms with van der Waals surface area (Å²) in [5.41, 5.74) is 0.508. The van der Waals surface area contributed by atoms with Gasteiger partial charge in [-0.1, -0.05) is 32.3 Å². The van der Waals surface area contributed by atoms with Gasteiger partial charge in [0.1, 0.15) is 5.82 Å². The zero-order valence-electron chi connectivity index (χ0n) is 22.1. The molecule has 10 heteroatoms. The molecule has 0 unspecified atom stereocenters. The Morgan fingerprint density at radius 3 is 2.41 bits per heavy atom. The minimum Gasteiger partial charge on any atom is -0.378 e. The first kappa shape index (κ1) is 29.4. The van der Waals surface area contributed by atoms with Gasteiger partial charge in [0.05, 0.1) is 45.1 Å². The van der Waals surface area contributed by atoms with Crippen LogP contribution in [0.15, 0.2) is 29.8 Å².